The number of rotatable bonds is 4. The zero-order chi connectivity index (χ0) is 15.0. The van der Waals surface area contributed by atoms with Crippen molar-refractivity contribution in [3.63, 3.8) is 0 Å². The van der Waals surface area contributed by atoms with E-state index in [1.54, 1.807) is 0 Å². The number of allylic oxidation sites excluding steroid dienone is 1. The predicted molar refractivity (Wildman–Crippen MR) is 80.3 cm³/mol. The molecule has 0 bridgehead atoms. The summed E-state index contributed by atoms with van der Waals surface area (Å²) in [6.07, 6.45) is 0.617. The van der Waals surface area contributed by atoms with Gasteiger partial charge in [-0.15, -0.1) is 0 Å². The molecule has 2 aromatic rings. The van der Waals surface area contributed by atoms with Crippen molar-refractivity contribution in [1.82, 2.24) is 14.8 Å². The largest absolute Gasteiger partial charge is 0.244 e. The second-order valence-corrected chi connectivity index (χ2v) is 6.35. The van der Waals surface area contributed by atoms with Gasteiger partial charge in [-0.1, -0.05) is 12.2 Å². The maximum absolute atomic E-state index is 13.3. The standard InChI is InChI=1S/C15H15F2N3S/c1-9(2)3-14-18-15(19-20(14)13-7-21-8-13)10-4-11(16)6-12(17)5-10/h4-6,13H,1,3,7-8H2,2H3. The van der Waals surface area contributed by atoms with Crippen LogP contribution in [0.3, 0.4) is 0 Å². The molecule has 3 rings (SSSR count). The van der Waals surface area contributed by atoms with Gasteiger partial charge in [0, 0.05) is 29.6 Å². The maximum Gasteiger partial charge on any atom is 0.181 e. The first kappa shape index (κ1) is 14.3. The van der Waals surface area contributed by atoms with Gasteiger partial charge in [-0.25, -0.2) is 18.4 Å². The molecule has 1 saturated heterocycles. The van der Waals surface area contributed by atoms with Crippen LogP contribution in [0.2, 0.25) is 0 Å². The van der Waals surface area contributed by atoms with Gasteiger partial charge in [-0.05, 0) is 19.1 Å². The summed E-state index contributed by atoms with van der Waals surface area (Å²) in [7, 11) is 0. The fourth-order valence-corrected chi connectivity index (χ4v) is 2.94. The van der Waals surface area contributed by atoms with Crippen LogP contribution in [-0.2, 0) is 6.42 Å². The molecule has 1 aliphatic rings. The molecule has 0 saturated carbocycles. The summed E-state index contributed by atoms with van der Waals surface area (Å²) in [5, 5.41) is 4.46. The topological polar surface area (TPSA) is 30.7 Å². The molecule has 3 nitrogen and oxygen atoms in total. The first-order valence-electron chi connectivity index (χ1n) is 6.67. The van der Waals surface area contributed by atoms with Crippen LogP contribution in [0.25, 0.3) is 11.4 Å². The van der Waals surface area contributed by atoms with Crippen molar-refractivity contribution in [1.29, 1.82) is 0 Å². The van der Waals surface area contributed by atoms with Gasteiger partial charge in [-0.2, -0.15) is 16.9 Å². The molecule has 21 heavy (non-hydrogen) atoms. The highest BCUT2D eigenvalue weighted by Gasteiger charge is 2.25. The Kier molecular flexibility index (Phi) is 3.80. The average molecular weight is 307 g/mol. The highest BCUT2D eigenvalue weighted by Crippen LogP contribution is 2.31. The van der Waals surface area contributed by atoms with Crippen LogP contribution < -0.4 is 0 Å². The second-order valence-electron chi connectivity index (χ2n) is 5.28. The number of hydrogen-bond donors (Lipinski definition) is 0. The smallest absolute Gasteiger partial charge is 0.181 e. The molecule has 0 aliphatic carbocycles. The van der Waals surface area contributed by atoms with Crippen LogP contribution in [-0.4, -0.2) is 26.3 Å². The molecule has 1 fully saturated rings. The summed E-state index contributed by atoms with van der Waals surface area (Å²) in [6, 6.07) is 3.66. The Hall–Kier alpha value is -1.69. The predicted octanol–water partition coefficient (Wildman–Crippen LogP) is 3.63. The Balaban J connectivity index is 2.02. The van der Waals surface area contributed by atoms with E-state index in [2.05, 4.69) is 16.7 Å². The highest BCUT2D eigenvalue weighted by molar-refractivity contribution is 8.00. The SMILES string of the molecule is C=C(C)Cc1nc(-c2cc(F)cc(F)c2)nn1C1CSC1. The monoisotopic (exact) mass is 307 g/mol. The molecule has 110 valence electrons. The van der Waals surface area contributed by atoms with E-state index in [0.717, 1.165) is 29.0 Å². The van der Waals surface area contributed by atoms with Gasteiger partial charge in [0.2, 0.25) is 0 Å². The quantitative estimate of drug-likeness (QED) is 0.808. The summed E-state index contributed by atoms with van der Waals surface area (Å²) in [5.74, 6) is 1.89. The van der Waals surface area contributed by atoms with Crippen molar-refractivity contribution in [2.24, 2.45) is 0 Å². The van der Waals surface area contributed by atoms with E-state index in [9.17, 15) is 8.78 Å². The van der Waals surface area contributed by atoms with Crippen molar-refractivity contribution >= 4 is 11.8 Å². The van der Waals surface area contributed by atoms with Gasteiger partial charge in [0.05, 0.1) is 6.04 Å². The molecule has 2 heterocycles. The number of thioether (sulfide) groups is 1. The number of benzene rings is 1. The lowest BCUT2D eigenvalue weighted by molar-refractivity contribution is 0.505. The van der Waals surface area contributed by atoms with Gasteiger partial charge in [-0.3, -0.25) is 0 Å². The molecule has 0 spiro atoms. The summed E-state index contributed by atoms with van der Waals surface area (Å²) in [4.78, 5) is 4.45. The fourth-order valence-electron chi connectivity index (χ4n) is 2.21. The van der Waals surface area contributed by atoms with E-state index in [1.807, 2.05) is 23.4 Å². The van der Waals surface area contributed by atoms with Gasteiger partial charge in [0.25, 0.3) is 0 Å². The molecular weight excluding hydrogens is 292 g/mol. The van der Waals surface area contributed by atoms with Crippen LogP contribution in [0.4, 0.5) is 8.78 Å². The first-order valence-corrected chi connectivity index (χ1v) is 7.82. The Morgan fingerprint density at radius 1 is 1.33 bits per heavy atom. The van der Waals surface area contributed by atoms with Gasteiger partial charge < -0.3 is 0 Å². The van der Waals surface area contributed by atoms with Crippen molar-refractivity contribution in [3.05, 3.63) is 47.8 Å². The van der Waals surface area contributed by atoms with E-state index in [4.69, 9.17) is 0 Å². The molecule has 0 atom stereocenters. The molecular formula is C15H15F2N3S. The summed E-state index contributed by atoms with van der Waals surface area (Å²) >= 11 is 1.85. The van der Waals surface area contributed by atoms with Gasteiger partial charge in [0.15, 0.2) is 5.82 Å². The van der Waals surface area contributed by atoms with Crippen LogP contribution in [0.5, 0.6) is 0 Å². The molecule has 0 unspecified atom stereocenters. The third-order valence-electron chi connectivity index (χ3n) is 3.25. The van der Waals surface area contributed by atoms with Crippen LogP contribution in [0, 0.1) is 11.6 Å². The molecule has 1 aromatic heterocycles. The minimum absolute atomic E-state index is 0.309. The van der Waals surface area contributed by atoms with E-state index >= 15 is 0 Å². The highest BCUT2D eigenvalue weighted by atomic mass is 32.2. The molecule has 1 aromatic carbocycles. The van der Waals surface area contributed by atoms with Crippen LogP contribution >= 0.6 is 11.8 Å². The second kappa shape index (κ2) is 5.60. The lowest BCUT2D eigenvalue weighted by atomic mass is 10.2. The minimum Gasteiger partial charge on any atom is -0.244 e. The minimum atomic E-state index is -0.623. The van der Waals surface area contributed by atoms with Crippen molar-refractivity contribution < 1.29 is 8.78 Å². The summed E-state index contributed by atoms with van der Waals surface area (Å²) in [5.41, 5.74) is 1.34. The van der Waals surface area contributed by atoms with Crippen LogP contribution in [0.15, 0.2) is 30.4 Å². The number of halogens is 2. The van der Waals surface area contributed by atoms with E-state index < -0.39 is 11.6 Å². The van der Waals surface area contributed by atoms with Crippen molar-refractivity contribution in [2.75, 3.05) is 11.5 Å². The van der Waals surface area contributed by atoms with Crippen LogP contribution in [0.1, 0.15) is 18.8 Å². The van der Waals surface area contributed by atoms with E-state index in [1.165, 1.54) is 12.1 Å². The van der Waals surface area contributed by atoms with E-state index in [0.29, 0.717) is 23.9 Å². The zero-order valence-electron chi connectivity index (χ0n) is 11.6. The number of aromatic nitrogens is 3. The summed E-state index contributed by atoms with van der Waals surface area (Å²) in [6.45, 7) is 5.83. The third-order valence-corrected chi connectivity index (χ3v) is 4.49. The number of nitrogens with zero attached hydrogens (tertiary/aromatic N) is 3. The van der Waals surface area contributed by atoms with Crippen molar-refractivity contribution in [3.8, 4) is 11.4 Å². The maximum atomic E-state index is 13.3. The van der Waals surface area contributed by atoms with Crippen molar-refractivity contribution in [2.45, 2.75) is 19.4 Å². The average Bonchev–Trinajstić information content (AvgIpc) is 2.69. The molecule has 6 heteroatoms. The molecule has 0 N–H and O–H groups in total. The van der Waals surface area contributed by atoms with Gasteiger partial charge in [0.1, 0.15) is 17.5 Å². The number of hydrogen-bond acceptors (Lipinski definition) is 3. The fraction of sp³-hybridized carbons (Fsp3) is 0.333. The first-order chi connectivity index (χ1) is 10.0. The Morgan fingerprint density at radius 3 is 2.52 bits per heavy atom. The molecule has 0 radical (unpaired) electrons. The van der Waals surface area contributed by atoms with E-state index in [-0.39, 0.29) is 0 Å². The molecule has 1 aliphatic heterocycles. The molecule has 0 amide bonds. The Bertz CT molecular complexity index is 672. The van der Waals surface area contributed by atoms with Gasteiger partial charge >= 0.3 is 0 Å². The Morgan fingerprint density at radius 2 is 2.00 bits per heavy atom. The normalized spacial score (nSPS) is 15.0. The lowest BCUT2D eigenvalue weighted by Crippen LogP contribution is -2.25. The zero-order valence-corrected chi connectivity index (χ0v) is 12.5. The summed E-state index contributed by atoms with van der Waals surface area (Å²) < 4.78 is 28.6. The Labute approximate surface area is 126 Å². The third kappa shape index (κ3) is 3.00. The lowest BCUT2D eigenvalue weighted by Gasteiger charge is -2.26.